The zero-order valence-corrected chi connectivity index (χ0v) is 8.49. The first-order chi connectivity index (χ1) is 6.25. The summed E-state index contributed by atoms with van der Waals surface area (Å²) in [5.41, 5.74) is 4.04. The molecule has 0 aromatic heterocycles. The van der Waals surface area contributed by atoms with Gasteiger partial charge in [0, 0.05) is 17.2 Å². The van der Waals surface area contributed by atoms with Crippen LogP contribution in [0.2, 0.25) is 5.02 Å². The summed E-state index contributed by atoms with van der Waals surface area (Å²) in [4.78, 5) is 0. The van der Waals surface area contributed by atoms with Crippen LogP contribution in [0.1, 0.15) is 19.4 Å². The van der Waals surface area contributed by atoms with Crippen molar-refractivity contribution in [1.82, 2.24) is 0 Å². The smallest absolute Gasteiger partial charge is 0.153 e. The fourth-order valence-corrected chi connectivity index (χ4v) is 1.32. The number of hydrogen-bond acceptors (Lipinski definition) is 2. The average molecular weight is 222 g/mol. The molecule has 5 heteroatoms. The number of aromatic hydroxyl groups is 1. The van der Waals surface area contributed by atoms with Gasteiger partial charge in [0.25, 0.3) is 0 Å². The lowest BCUT2D eigenvalue weighted by atomic mass is 9.94. The van der Waals surface area contributed by atoms with Crippen molar-refractivity contribution >= 4 is 11.6 Å². The molecule has 2 nitrogen and oxygen atoms in total. The number of phenols is 1. The van der Waals surface area contributed by atoms with Crippen LogP contribution < -0.4 is 5.73 Å². The van der Waals surface area contributed by atoms with Crippen molar-refractivity contribution in [3.05, 3.63) is 28.3 Å². The largest absolute Gasteiger partial charge is 0.506 e. The molecule has 0 aliphatic rings. The number of benzene rings is 1. The van der Waals surface area contributed by atoms with Crippen LogP contribution in [-0.2, 0) is 5.54 Å². The Kier molecular flexibility index (Phi) is 2.69. The lowest BCUT2D eigenvalue weighted by Crippen LogP contribution is -2.31. The lowest BCUT2D eigenvalue weighted by Gasteiger charge is -2.21. The first kappa shape index (κ1) is 11.2. The van der Waals surface area contributed by atoms with Crippen LogP contribution >= 0.6 is 11.6 Å². The van der Waals surface area contributed by atoms with Crippen molar-refractivity contribution in [2.75, 3.05) is 0 Å². The molecule has 0 heterocycles. The maximum absolute atomic E-state index is 13.4. The molecule has 0 fully saturated rings. The van der Waals surface area contributed by atoms with E-state index in [1.165, 1.54) is 13.8 Å². The Bertz CT molecular complexity index is 374. The molecule has 3 N–H and O–H groups in total. The SMILES string of the molecule is CC(C)(N)c1c(F)cc(O)c(Cl)c1F. The van der Waals surface area contributed by atoms with E-state index in [0.717, 1.165) is 6.07 Å². The molecule has 0 unspecified atom stereocenters. The molecule has 0 saturated heterocycles. The zero-order chi connectivity index (χ0) is 11.1. The number of rotatable bonds is 1. The molecule has 0 aliphatic heterocycles. The molecule has 1 aromatic rings. The third-order valence-electron chi connectivity index (χ3n) is 1.78. The molecule has 0 bridgehead atoms. The zero-order valence-electron chi connectivity index (χ0n) is 7.74. The van der Waals surface area contributed by atoms with Crippen LogP contribution in [-0.4, -0.2) is 5.11 Å². The van der Waals surface area contributed by atoms with Crippen molar-refractivity contribution in [2.45, 2.75) is 19.4 Å². The van der Waals surface area contributed by atoms with Gasteiger partial charge in [-0.15, -0.1) is 0 Å². The molecule has 0 aliphatic carbocycles. The maximum atomic E-state index is 13.4. The maximum Gasteiger partial charge on any atom is 0.153 e. The molecule has 0 amide bonds. The van der Waals surface area contributed by atoms with Gasteiger partial charge in [0.15, 0.2) is 5.82 Å². The monoisotopic (exact) mass is 221 g/mol. The van der Waals surface area contributed by atoms with Crippen LogP contribution in [0.15, 0.2) is 6.07 Å². The minimum Gasteiger partial charge on any atom is -0.506 e. The summed E-state index contributed by atoms with van der Waals surface area (Å²) in [5.74, 6) is -2.55. The first-order valence-corrected chi connectivity index (χ1v) is 4.28. The van der Waals surface area contributed by atoms with E-state index in [1.54, 1.807) is 0 Å². The highest BCUT2D eigenvalue weighted by atomic mass is 35.5. The summed E-state index contributed by atoms with van der Waals surface area (Å²) in [6.45, 7) is 2.89. The Morgan fingerprint density at radius 2 is 1.93 bits per heavy atom. The summed E-state index contributed by atoms with van der Waals surface area (Å²) in [6.07, 6.45) is 0. The van der Waals surface area contributed by atoms with Gasteiger partial charge in [0.2, 0.25) is 0 Å². The van der Waals surface area contributed by atoms with Crippen molar-refractivity contribution in [2.24, 2.45) is 5.73 Å². The van der Waals surface area contributed by atoms with E-state index in [2.05, 4.69) is 0 Å². The second kappa shape index (κ2) is 3.37. The van der Waals surface area contributed by atoms with E-state index in [9.17, 15) is 8.78 Å². The van der Waals surface area contributed by atoms with Gasteiger partial charge < -0.3 is 10.8 Å². The van der Waals surface area contributed by atoms with E-state index >= 15 is 0 Å². The van der Waals surface area contributed by atoms with E-state index < -0.39 is 27.9 Å². The molecule has 1 rings (SSSR count). The van der Waals surface area contributed by atoms with E-state index in [1.807, 2.05) is 0 Å². The van der Waals surface area contributed by atoms with Gasteiger partial charge in [-0.25, -0.2) is 8.78 Å². The predicted octanol–water partition coefficient (Wildman–Crippen LogP) is 2.52. The highest BCUT2D eigenvalue weighted by molar-refractivity contribution is 6.32. The topological polar surface area (TPSA) is 46.2 Å². The Labute approximate surface area is 85.3 Å². The van der Waals surface area contributed by atoms with E-state index in [-0.39, 0.29) is 5.56 Å². The quantitative estimate of drug-likeness (QED) is 0.716. The molecule has 0 saturated carbocycles. The number of nitrogens with two attached hydrogens (primary N) is 1. The lowest BCUT2D eigenvalue weighted by molar-refractivity contribution is 0.432. The Balaban J connectivity index is 3.53. The van der Waals surface area contributed by atoms with E-state index in [0.29, 0.717) is 0 Å². The van der Waals surface area contributed by atoms with Crippen LogP contribution in [0.5, 0.6) is 5.75 Å². The minimum atomic E-state index is -1.19. The van der Waals surface area contributed by atoms with Crippen molar-refractivity contribution in [3.63, 3.8) is 0 Å². The summed E-state index contributed by atoms with van der Waals surface area (Å²) < 4.78 is 26.7. The van der Waals surface area contributed by atoms with Crippen LogP contribution in [0.3, 0.4) is 0 Å². The highest BCUT2D eigenvalue weighted by Gasteiger charge is 2.27. The fourth-order valence-electron chi connectivity index (χ4n) is 1.17. The first-order valence-electron chi connectivity index (χ1n) is 3.91. The van der Waals surface area contributed by atoms with Gasteiger partial charge in [-0.2, -0.15) is 0 Å². The van der Waals surface area contributed by atoms with Crippen LogP contribution in [0, 0.1) is 11.6 Å². The Morgan fingerprint density at radius 3 is 2.36 bits per heavy atom. The Hall–Kier alpha value is -0.870. The molecule has 0 radical (unpaired) electrons. The summed E-state index contributed by atoms with van der Waals surface area (Å²) in [7, 11) is 0. The van der Waals surface area contributed by atoms with Gasteiger partial charge in [0.1, 0.15) is 16.6 Å². The second-order valence-corrected chi connectivity index (χ2v) is 3.98. The third kappa shape index (κ3) is 1.81. The number of phenolic OH excluding ortho intramolecular Hbond substituents is 1. The molecular weight excluding hydrogens is 212 g/mol. The van der Waals surface area contributed by atoms with E-state index in [4.69, 9.17) is 22.4 Å². The van der Waals surface area contributed by atoms with Gasteiger partial charge in [-0.3, -0.25) is 0 Å². The molecule has 78 valence electrons. The number of halogens is 3. The van der Waals surface area contributed by atoms with Crippen molar-refractivity contribution < 1.29 is 13.9 Å². The third-order valence-corrected chi connectivity index (χ3v) is 2.14. The van der Waals surface area contributed by atoms with Crippen LogP contribution in [0.4, 0.5) is 8.78 Å². The summed E-state index contributed by atoms with van der Waals surface area (Å²) >= 11 is 5.41. The van der Waals surface area contributed by atoms with Gasteiger partial charge >= 0.3 is 0 Å². The molecular formula is C9H10ClF2NO. The Morgan fingerprint density at radius 1 is 1.43 bits per heavy atom. The second-order valence-electron chi connectivity index (χ2n) is 3.60. The average Bonchev–Trinajstić information content (AvgIpc) is 1.97. The normalized spacial score (nSPS) is 11.9. The van der Waals surface area contributed by atoms with Gasteiger partial charge in [-0.05, 0) is 13.8 Å². The molecule has 14 heavy (non-hydrogen) atoms. The molecule has 0 spiro atoms. The van der Waals surface area contributed by atoms with Gasteiger partial charge in [0.05, 0.1) is 0 Å². The summed E-state index contributed by atoms with van der Waals surface area (Å²) in [5, 5.41) is 8.50. The highest BCUT2D eigenvalue weighted by Crippen LogP contribution is 2.34. The standard InChI is InChI=1S/C9H10ClF2NO/c1-9(2,13)6-4(11)3-5(14)7(10)8(6)12/h3,14H,13H2,1-2H3. The molecule has 0 atom stereocenters. The molecule has 1 aromatic carbocycles. The number of hydrogen-bond donors (Lipinski definition) is 2. The predicted molar refractivity (Wildman–Crippen MR) is 50.2 cm³/mol. The van der Waals surface area contributed by atoms with Gasteiger partial charge in [-0.1, -0.05) is 11.6 Å². The van der Waals surface area contributed by atoms with Crippen LogP contribution in [0.25, 0.3) is 0 Å². The minimum absolute atomic E-state index is 0.333. The van der Waals surface area contributed by atoms with Crippen molar-refractivity contribution in [3.8, 4) is 5.75 Å². The van der Waals surface area contributed by atoms with Crippen molar-refractivity contribution in [1.29, 1.82) is 0 Å². The summed E-state index contributed by atoms with van der Waals surface area (Å²) in [6, 6.07) is 0.745. The fraction of sp³-hybridized carbons (Fsp3) is 0.333.